The lowest BCUT2D eigenvalue weighted by atomic mass is 9.97. The number of carboxylic acid groups (broad SMARTS) is 1. The van der Waals surface area contributed by atoms with Crippen molar-refractivity contribution in [2.45, 2.75) is 45.3 Å². The minimum atomic E-state index is -0.896. The molecule has 6 nitrogen and oxygen atoms in total. The molecule has 1 aromatic rings. The Hall–Kier alpha value is -1.92. The number of benzene rings is 1. The SMILES string of the molecule is C[C@@H]1CN(CCC(=O)N2CCC(Cc3cccc(C(=O)O)c3)C2)C[C@H](C)O1. The summed E-state index contributed by atoms with van der Waals surface area (Å²) in [6, 6.07) is 7.12. The number of hydrogen-bond donors (Lipinski definition) is 1. The van der Waals surface area contributed by atoms with Gasteiger partial charge < -0.3 is 14.7 Å². The molecule has 0 saturated carbocycles. The first-order chi connectivity index (χ1) is 12.9. The summed E-state index contributed by atoms with van der Waals surface area (Å²) in [5.41, 5.74) is 1.36. The van der Waals surface area contributed by atoms with Crippen LogP contribution in [0.3, 0.4) is 0 Å². The van der Waals surface area contributed by atoms with Gasteiger partial charge in [0.25, 0.3) is 0 Å². The molecule has 0 radical (unpaired) electrons. The van der Waals surface area contributed by atoms with Crippen LogP contribution in [0.5, 0.6) is 0 Å². The highest BCUT2D eigenvalue weighted by Crippen LogP contribution is 2.22. The van der Waals surface area contributed by atoms with Gasteiger partial charge in [0.15, 0.2) is 0 Å². The number of aromatic carboxylic acids is 1. The number of hydrogen-bond acceptors (Lipinski definition) is 4. The average Bonchev–Trinajstić information content (AvgIpc) is 3.07. The van der Waals surface area contributed by atoms with E-state index in [0.717, 1.165) is 51.1 Å². The van der Waals surface area contributed by atoms with E-state index in [4.69, 9.17) is 9.84 Å². The lowest BCUT2D eigenvalue weighted by molar-refractivity contribution is -0.131. The van der Waals surface area contributed by atoms with Crippen LogP contribution in [0.1, 0.15) is 42.6 Å². The van der Waals surface area contributed by atoms with Gasteiger partial charge in [-0.3, -0.25) is 9.69 Å². The molecule has 0 aromatic heterocycles. The van der Waals surface area contributed by atoms with Gasteiger partial charge in [0.1, 0.15) is 0 Å². The second-order valence-corrected chi connectivity index (χ2v) is 7.97. The van der Waals surface area contributed by atoms with Crippen molar-refractivity contribution in [3.63, 3.8) is 0 Å². The second-order valence-electron chi connectivity index (χ2n) is 7.97. The third kappa shape index (κ3) is 5.53. The number of rotatable bonds is 6. The maximum Gasteiger partial charge on any atom is 0.335 e. The molecule has 2 saturated heterocycles. The number of carbonyl (C=O) groups is 2. The fraction of sp³-hybridized carbons (Fsp3) is 0.619. The number of carbonyl (C=O) groups excluding carboxylic acids is 1. The minimum absolute atomic E-state index is 0.224. The molecule has 1 aromatic carbocycles. The van der Waals surface area contributed by atoms with Gasteiger partial charge in [-0.1, -0.05) is 12.1 Å². The van der Waals surface area contributed by atoms with Gasteiger partial charge in [-0.05, 0) is 50.3 Å². The van der Waals surface area contributed by atoms with Gasteiger partial charge in [0.2, 0.25) is 5.91 Å². The molecule has 1 amide bonds. The molecule has 0 aliphatic carbocycles. The van der Waals surface area contributed by atoms with Gasteiger partial charge >= 0.3 is 5.97 Å². The lowest BCUT2D eigenvalue weighted by Gasteiger charge is -2.35. The molecule has 27 heavy (non-hydrogen) atoms. The fourth-order valence-electron chi connectivity index (χ4n) is 4.27. The quantitative estimate of drug-likeness (QED) is 0.827. The van der Waals surface area contributed by atoms with Crippen molar-refractivity contribution in [3.8, 4) is 0 Å². The molecule has 1 unspecified atom stereocenters. The van der Waals surface area contributed by atoms with Crippen molar-refractivity contribution in [1.82, 2.24) is 9.80 Å². The molecule has 2 fully saturated rings. The van der Waals surface area contributed by atoms with Crippen LogP contribution < -0.4 is 0 Å². The molecular formula is C21H30N2O4. The largest absolute Gasteiger partial charge is 0.478 e. The van der Waals surface area contributed by atoms with E-state index in [1.165, 1.54) is 0 Å². The Balaban J connectivity index is 1.45. The summed E-state index contributed by atoms with van der Waals surface area (Å²) in [4.78, 5) is 28.0. The number of nitrogens with zero attached hydrogens (tertiary/aromatic N) is 2. The molecule has 2 heterocycles. The third-order valence-corrected chi connectivity index (χ3v) is 5.47. The molecule has 148 valence electrons. The van der Waals surface area contributed by atoms with Crippen molar-refractivity contribution < 1.29 is 19.4 Å². The van der Waals surface area contributed by atoms with Crippen molar-refractivity contribution in [2.75, 3.05) is 32.7 Å². The smallest absolute Gasteiger partial charge is 0.335 e. The van der Waals surface area contributed by atoms with Crippen molar-refractivity contribution in [1.29, 1.82) is 0 Å². The first kappa shape index (κ1) is 19.8. The number of morpholine rings is 1. The molecular weight excluding hydrogens is 344 g/mol. The number of amides is 1. The Bertz CT molecular complexity index is 668. The zero-order valence-corrected chi connectivity index (χ0v) is 16.3. The van der Waals surface area contributed by atoms with Crippen molar-refractivity contribution >= 4 is 11.9 Å². The Kier molecular flexibility index (Phi) is 6.50. The van der Waals surface area contributed by atoms with Gasteiger partial charge in [-0.15, -0.1) is 0 Å². The number of likely N-dealkylation sites (tertiary alicyclic amines) is 1. The van der Waals surface area contributed by atoms with E-state index in [9.17, 15) is 9.59 Å². The van der Waals surface area contributed by atoms with Crippen LogP contribution >= 0.6 is 0 Å². The fourth-order valence-corrected chi connectivity index (χ4v) is 4.27. The van der Waals surface area contributed by atoms with E-state index >= 15 is 0 Å². The maximum atomic E-state index is 12.6. The zero-order chi connectivity index (χ0) is 19.4. The van der Waals surface area contributed by atoms with Crippen LogP contribution in [0, 0.1) is 5.92 Å². The van der Waals surface area contributed by atoms with Gasteiger partial charge in [-0.25, -0.2) is 4.79 Å². The van der Waals surface area contributed by atoms with E-state index in [2.05, 4.69) is 18.7 Å². The highest BCUT2D eigenvalue weighted by Gasteiger charge is 2.28. The predicted molar refractivity (Wildman–Crippen MR) is 103 cm³/mol. The van der Waals surface area contributed by atoms with Crippen molar-refractivity contribution in [3.05, 3.63) is 35.4 Å². The highest BCUT2D eigenvalue weighted by molar-refractivity contribution is 5.87. The van der Waals surface area contributed by atoms with Crippen LogP contribution in [-0.2, 0) is 16.0 Å². The van der Waals surface area contributed by atoms with Crippen molar-refractivity contribution in [2.24, 2.45) is 5.92 Å². The van der Waals surface area contributed by atoms with Crippen LogP contribution in [0.15, 0.2) is 24.3 Å². The Labute approximate surface area is 161 Å². The number of ether oxygens (including phenoxy) is 1. The molecule has 0 bridgehead atoms. The summed E-state index contributed by atoms with van der Waals surface area (Å²) in [6.45, 7) is 8.30. The lowest BCUT2D eigenvalue weighted by Crippen LogP contribution is -2.46. The van der Waals surface area contributed by atoms with E-state index in [1.54, 1.807) is 18.2 Å². The van der Waals surface area contributed by atoms with Crippen LogP contribution in [0.4, 0.5) is 0 Å². The third-order valence-electron chi connectivity index (χ3n) is 5.47. The molecule has 6 heteroatoms. The van der Waals surface area contributed by atoms with E-state index in [0.29, 0.717) is 17.9 Å². The molecule has 0 spiro atoms. The average molecular weight is 374 g/mol. The summed E-state index contributed by atoms with van der Waals surface area (Å²) in [5, 5.41) is 9.12. The second kappa shape index (κ2) is 8.85. The maximum absolute atomic E-state index is 12.6. The normalized spacial score (nSPS) is 26.3. The van der Waals surface area contributed by atoms with Gasteiger partial charge in [0.05, 0.1) is 17.8 Å². The standard InChI is InChI=1S/C21H30N2O4/c1-15-12-22(13-16(2)27-15)8-7-20(24)23-9-6-18(14-23)10-17-4-3-5-19(11-17)21(25)26/h3-5,11,15-16,18H,6-10,12-14H2,1-2H3,(H,25,26)/t15-,16+,18?. The van der Waals surface area contributed by atoms with Crippen LogP contribution in [0.25, 0.3) is 0 Å². The minimum Gasteiger partial charge on any atom is -0.478 e. The van der Waals surface area contributed by atoms with E-state index in [-0.39, 0.29) is 18.1 Å². The molecule has 2 aliphatic rings. The summed E-state index contributed by atoms with van der Waals surface area (Å²) < 4.78 is 5.74. The van der Waals surface area contributed by atoms with Gasteiger partial charge in [0, 0.05) is 39.1 Å². The topological polar surface area (TPSA) is 70.1 Å². The summed E-state index contributed by atoms with van der Waals surface area (Å²) in [5.74, 6) is -0.267. The predicted octanol–water partition coefficient (Wildman–Crippen LogP) is 2.28. The van der Waals surface area contributed by atoms with E-state index < -0.39 is 5.97 Å². The summed E-state index contributed by atoms with van der Waals surface area (Å²) in [6.07, 6.45) is 2.81. The number of carboxylic acids is 1. The molecule has 1 N–H and O–H groups in total. The molecule has 3 atom stereocenters. The molecule has 3 rings (SSSR count). The first-order valence-electron chi connectivity index (χ1n) is 9.88. The van der Waals surface area contributed by atoms with Gasteiger partial charge in [-0.2, -0.15) is 0 Å². The highest BCUT2D eigenvalue weighted by atomic mass is 16.5. The van der Waals surface area contributed by atoms with E-state index in [1.807, 2.05) is 11.0 Å². The Morgan fingerprint density at radius 2 is 1.93 bits per heavy atom. The summed E-state index contributed by atoms with van der Waals surface area (Å²) >= 11 is 0. The van der Waals surface area contributed by atoms with Crippen LogP contribution in [0.2, 0.25) is 0 Å². The Morgan fingerprint density at radius 3 is 2.63 bits per heavy atom. The Morgan fingerprint density at radius 1 is 1.19 bits per heavy atom. The monoisotopic (exact) mass is 374 g/mol. The van der Waals surface area contributed by atoms with Crippen LogP contribution in [-0.4, -0.2) is 71.7 Å². The summed E-state index contributed by atoms with van der Waals surface area (Å²) in [7, 11) is 0. The molecule has 2 aliphatic heterocycles. The zero-order valence-electron chi connectivity index (χ0n) is 16.3. The first-order valence-corrected chi connectivity index (χ1v) is 9.88.